The molecule has 17 heteroatoms. The van der Waals surface area contributed by atoms with E-state index in [1.807, 2.05) is 17.1 Å². The van der Waals surface area contributed by atoms with Crippen molar-refractivity contribution in [3.63, 3.8) is 0 Å². The minimum absolute atomic E-state index is 0.0356. The minimum Gasteiger partial charge on any atom is -0.477 e. The zero-order chi connectivity index (χ0) is 27.6. The normalized spacial score (nSPS) is 20.1. The highest BCUT2D eigenvalue weighted by molar-refractivity contribution is 8.00. The number of nitrogens with one attached hydrogen (secondary N) is 1. The van der Waals surface area contributed by atoms with E-state index in [-0.39, 0.29) is 39.7 Å². The lowest BCUT2D eigenvalue weighted by molar-refractivity contribution is -0.146. The second-order valence-electron chi connectivity index (χ2n) is 8.44. The van der Waals surface area contributed by atoms with E-state index in [4.69, 9.17) is 22.0 Å². The molecule has 1 aromatic rings. The summed E-state index contributed by atoms with van der Waals surface area (Å²) < 4.78 is 3.81. The molecule has 8 N–H and O–H groups in total. The summed E-state index contributed by atoms with van der Waals surface area (Å²) in [6.45, 7) is 3.92. The molecule has 0 aliphatic carbocycles. The summed E-state index contributed by atoms with van der Waals surface area (Å²) in [6.07, 6.45) is 7.51. The number of allylic oxidation sites excluding steroid dienone is 2. The Labute approximate surface area is 225 Å². The molecule has 5 rings (SSSR count). The number of oxime groups is 1. The molecule has 1 atom stereocenters. The summed E-state index contributed by atoms with van der Waals surface area (Å²) in [5.74, 6) is 0.0955. The van der Waals surface area contributed by atoms with E-state index in [1.54, 1.807) is 43.0 Å². The van der Waals surface area contributed by atoms with Crippen LogP contribution in [0.1, 0.15) is 26.1 Å². The highest BCUT2D eigenvalue weighted by Crippen LogP contribution is 2.40. The second-order valence-corrected chi connectivity index (χ2v) is 10.4. The number of β-lactam (4-membered cyclic amide) rings is 1. The predicted octanol–water partition coefficient (Wildman–Crippen LogP) is -0.386. The largest absolute Gasteiger partial charge is 0.477 e. The molecular formula is C21H26N10O5S2. The lowest BCUT2D eigenvalue weighted by atomic mass is 10.1. The van der Waals surface area contributed by atoms with Crippen molar-refractivity contribution >= 4 is 51.9 Å². The van der Waals surface area contributed by atoms with Crippen LogP contribution in [0.2, 0.25) is 0 Å². The van der Waals surface area contributed by atoms with Gasteiger partial charge in [0.15, 0.2) is 5.13 Å². The van der Waals surface area contributed by atoms with Crippen LogP contribution in [-0.4, -0.2) is 76.5 Å². The average Bonchev–Trinajstić information content (AvgIpc) is 3.42. The Morgan fingerprint density at radius 3 is 2.74 bits per heavy atom. The number of aliphatic carboxylic acids is 1. The number of hydrazine groups is 1. The lowest BCUT2D eigenvalue weighted by Crippen LogP contribution is -2.54. The monoisotopic (exact) mass is 562 g/mol. The molecule has 15 nitrogen and oxygen atoms in total. The van der Waals surface area contributed by atoms with E-state index in [1.165, 1.54) is 4.90 Å². The van der Waals surface area contributed by atoms with Crippen molar-refractivity contribution in [2.24, 2.45) is 16.6 Å². The molecule has 0 spiro atoms. The van der Waals surface area contributed by atoms with Gasteiger partial charge >= 0.3 is 5.97 Å². The van der Waals surface area contributed by atoms with Crippen LogP contribution in [0.5, 0.6) is 0 Å². The van der Waals surface area contributed by atoms with Gasteiger partial charge < -0.3 is 32.0 Å². The van der Waals surface area contributed by atoms with Crippen molar-refractivity contribution < 1.29 is 24.3 Å². The van der Waals surface area contributed by atoms with Gasteiger partial charge in [-0.25, -0.2) is 9.80 Å². The summed E-state index contributed by atoms with van der Waals surface area (Å²) in [7, 11) is 0. The van der Waals surface area contributed by atoms with Crippen LogP contribution in [0.15, 0.2) is 52.6 Å². The number of hydrogen-bond donors (Lipinski definition) is 5. The molecular weight excluding hydrogens is 536 g/mol. The van der Waals surface area contributed by atoms with Crippen molar-refractivity contribution in [3.8, 4) is 0 Å². The predicted molar refractivity (Wildman–Crippen MR) is 140 cm³/mol. The van der Waals surface area contributed by atoms with Crippen molar-refractivity contribution in [2.45, 2.75) is 31.7 Å². The molecule has 0 radical (unpaired) electrons. The standard InChI is InChI=1S/C14H15N5O3S.C7H11N5O2S/c15-9-6-17(10-2-1-3-16-19(9)10)5-8-7-23-12-4-11(20)18(12)13(8)14(21)22;1-3(2)14-11-4(5(8)13)6-10-7(9)15-12-6/h1-3,6,12,16H,4-5,7,15H2,(H,21,22);3H,1-2H3,(H2,8,13)(H2,9,10,12)/b;11-4+/t12-;/m0./s1. The van der Waals surface area contributed by atoms with E-state index < -0.39 is 11.9 Å². The topological polar surface area (TPSA) is 219 Å². The fraction of sp³-hybridized carbons (Fsp3) is 0.333. The highest BCUT2D eigenvalue weighted by Gasteiger charge is 2.45. The Balaban J connectivity index is 0.000000196. The first-order chi connectivity index (χ1) is 18.1. The van der Waals surface area contributed by atoms with Gasteiger partial charge in [-0.3, -0.25) is 19.9 Å². The smallest absolute Gasteiger partial charge is 0.352 e. The molecule has 202 valence electrons. The number of primary amides is 1. The number of carbonyl (C=O) groups is 3. The summed E-state index contributed by atoms with van der Waals surface area (Å²) in [5.41, 5.74) is 20.2. The molecule has 0 unspecified atom stereocenters. The third kappa shape index (κ3) is 5.52. The van der Waals surface area contributed by atoms with Crippen molar-refractivity contribution in [1.29, 1.82) is 0 Å². The molecule has 4 aliphatic heterocycles. The third-order valence-corrected chi connectivity index (χ3v) is 7.17. The first kappa shape index (κ1) is 26.8. The SMILES string of the molecule is CC(C)O/N=C(\C(N)=O)c1nsc(N)n1.NC1=CN(CC2=C(C(=O)O)N3C(=O)C[C@@H]3SC2)C2=CC=CNN12. The van der Waals surface area contributed by atoms with Crippen LogP contribution in [-0.2, 0) is 19.2 Å². The summed E-state index contributed by atoms with van der Waals surface area (Å²) in [4.78, 5) is 46.4. The summed E-state index contributed by atoms with van der Waals surface area (Å²) in [6, 6.07) is 0. The Morgan fingerprint density at radius 1 is 1.37 bits per heavy atom. The van der Waals surface area contributed by atoms with Crippen LogP contribution in [0, 0.1) is 0 Å². The molecule has 1 aromatic heterocycles. The van der Waals surface area contributed by atoms with Gasteiger partial charge in [0.1, 0.15) is 23.4 Å². The number of fused-ring (bicyclic) bond motifs is 2. The number of amides is 2. The van der Waals surface area contributed by atoms with Gasteiger partial charge in [0.2, 0.25) is 17.4 Å². The molecule has 0 saturated carbocycles. The Morgan fingerprint density at radius 2 is 2.13 bits per heavy atom. The molecule has 4 aliphatic rings. The van der Waals surface area contributed by atoms with E-state index in [2.05, 4.69) is 19.9 Å². The Hall–Kier alpha value is -4.25. The van der Waals surface area contributed by atoms with Gasteiger partial charge in [-0.05, 0) is 31.6 Å². The van der Waals surface area contributed by atoms with Gasteiger partial charge in [0.25, 0.3) is 5.91 Å². The highest BCUT2D eigenvalue weighted by atomic mass is 32.2. The van der Waals surface area contributed by atoms with Crippen molar-refractivity contribution in [1.82, 2.24) is 29.6 Å². The number of thioether (sulfide) groups is 1. The number of aromatic nitrogens is 2. The van der Waals surface area contributed by atoms with Crippen LogP contribution in [0.25, 0.3) is 0 Å². The maximum atomic E-state index is 11.8. The maximum absolute atomic E-state index is 11.8. The molecule has 5 heterocycles. The molecule has 1 saturated heterocycles. The van der Waals surface area contributed by atoms with Gasteiger partial charge in [0.05, 0.1) is 11.8 Å². The van der Waals surface area contributed by atoms with Gasteiger partial charge in [-0.1, -0.05) is 5.16 Å². The summed E-state index contributed by atoms with van der Waals surface area (Å²) in [5, 5.41) is 15.0. The van der Waals surface area contributed by atoms with Crippen LogP contribution in [0.3, 0.4) is 0 Å². The van der Waals surface area contributed by atoms with E-state index in [0.29, 0.717) is 30.1 Å². The zero-order valence-corrected chi connectivity index (χ0v) is 22.0. The number of anilines is 1. The number of nitrogens with zero attached hydrogens (tertiary/aromatic N) is 6. The number of carboxylic acids is 1. The first-order valence-corrected chi connectivity index (χ1v) is 13.1. The third-order valence-electron chi connectivity index (χ3n) is 5.35. The Bertz CT molecular complexity index is 1300. The number of nitrogen functional groups attached to an aromatic ring is 1. The maximum Gasteiger partial charge on any atom is 0.352 e. The second kappa shape index (κ2) is 11.0. The first-order valence-electron chi connectivity index (χ1n) is 11.3. The van der Waals surface area contributed by atoms with E-state index in [9.17, 15) is 19.5 Å². The lowest BCUT2D eigenvalue weighted by Gasteiger charge is -2.44. The summed E-state index contributed by atoms with van der Waals surface area (Å²) >= 11 is 2.56. The number of carbonyl (C=O) groups excluding carboxylic acids is 2. The zero-order valence-electron chi connectivity index (χ0n) is 20.4. The van der Waals surface area contributed by atoms with Crippen molar-refractivity contribution in [2.75, 3.05) is 18.0 Å². The molecule has 0 bridgehead atoms. The van der Waals surface area contributed by atoms with Crippen LogP contribution >= 0.6 is 23.3 Å². The average molecular weight is 563 g/mol. The number of carboxylic acid groups (broad SMARTS) is 1. The van der Waals surface area contributed by atoms with Crippen LogP contribution in [0.4, 0.5) is 5.13 Å². The Kier molecular flexibility index (Phi) is 7.77. The van der Waals surface area contributed by atoms with Gasteiger partial charge in [-0.2, -0.15) is 9.36 Å². The van der Waals surface area contributed by atoms with Crippen molar-refractivity contribution in [3.05, 3.63) is 53.3 Å². The van der Waals surface area contributed by atoms with E-state index >= 15 is 0 Å². The number of hydrogen-bond acceptors (Lipinski definition) is 14. The quantitative estimate of drug-likeness (QED) is 0.163. The fourth-order valence-electron chi connectivity index (χ4n) is 3.72. The molecule has 38 heavy (non-hydrogen) atoms. The molecule has 2 amide bonds. The number of rotatable bonds is 7. The molecule has 1 fully saturated rings. The fourth-order valence-corrected chi connectivity index (χ4v) is 5.41. The van der Waals surface area contributed by atoms with Gasteiger partial charge in [0, 0.05) is 36.2 Å². The van der Waals surface area contributed by atoms with Crippen LogP contribution < -0.4 is 22.6 Å². The van der Waals surface area contributed by atoms with E-state index in [0.717, 1.165) is 17.4 Å². The number of nitrogens with two attached hydrogens (primary N) is 3. The van der Waals surface area contributed by atoms with Gasteiger partial charge in [-0.15, -0.1) is 11.8 Å². The minimum atomic E-state index is -1.05. The molecule has 0 aromatic carbocycles.